The van der Waals surface area contributed by atoms with Crippen LogP contribution < -0.4 is 5.32 Å². The lowest BCUT2D eigenvalue weighted by atomic mass is 10.2. The maximum Gasteiger partial charge on any atom is 0.0870 e. The van der Waals surface area contributed by atoms with Crippen LogP contribution in [0.1, 0.15) is 6.92 Å². The summed E-state index contributed by atoms with van der Waals surface area (Å²) in [5.41, 5.74) is 1.99. The van der Waals surface area contributed by atoms with E-state index < -0.39 is 0 Å². The first-order valence-electron chi connectivity index (χ1n) is 2.89. The van der Waals surface area contributed by atoms with Gasteiger partial charge < -0.3 is 10.4 Å². The topological polar surface area (TPSA) is 44.6 Å². The average Bonchev–Trinajstić information content (AvgIpc) is 1.89. The first-order valence-corrected chi connectivity index (χ1v) is 2.89. The summed E-state index contributed by atoms with van der Waals surface area (Å²) in [6.45, 7) is 2.75. The van der Waals surface area contributed by atoms with Crippen molar-refractivity contribution < 1.29 is 5.11 Å². The molecule has 3 heteroatoms. The van der Waals surface area contributed by atoms with Gasteiger partial charge in [0.2, 0.25) is 0 Å². The van der Waals surface area contributed by atoms with Gasteiger partial charge in [-0.3, -0.25) is 4.99 Å². The molecule has 0 unspecified atom stereocenters. The molecule has 0 bridgehead atoms. The lowest BCUT2D eigenvalue weighted by Gasteiger charge is -2.11. The van der Waals surface area contributed by atoms with Gasteiger partial charge in [0.05, 0.1) is 19.5 Å². The third-order valence-electron chi connectivity index (χ3n) is 1.33. The number of aliphatic hydroxyl groups is 1. The predicted octanol–water partition coefficient (Wildman–Crippen LogP) is -0.116. The fourth-order valence-corrected chi connectivity index (χ4v) is 0.705. The molecule has 0 aliphatic carbocycles. The minimum absolute atomic E-state index is 0.0812. The molecule has 0 aromatic rings. The van der Waals surface area contributed by atoms with E-state index in [1.807, 2.05) is 6.92 Å². The number of nitrogens with zero attached hydrogens (tertiary/aromatic N) is 1. The van der Waals surface area contributed by atoms with Crippen molar-refractivity contribution in [1.29, 1.82) is 0 Å². The van der Waals surface area contributed by atoms with E-state index in [2.05, 4.69) is 10.3 Å². The van der Waals surface area contributed by atoms with Gasteiger partial charge in [0.25, 0.3) is 0 Å². The molecular weight excluding hydrogens is 116 g/mol. The van der Waals surface area contributed by atoms with E-state index in [0.29, 0.717) is 6.54 Å². The number of hydrogen-bond acceptors (Lipinski definition) is 3. The summed E-state index contributed by atoms with van der Waals surface area (Å²) in [5.74, 6) is 0. The Labute approximate surface area is 54.1 Å². The SMILES string of the molecule is CC1=C(CO)NC=NC1. The Kier molecular flexibility index (Phi) is 1.85. The Bertz CT molecular complexity index is 160. The van der Waals surface area contributed by atoms with Crippen LogP contribution in [0.3, 0.4) is 0 Å². The van der Waals surface area contributed by atoms with Crippen LogP contribution in [0.25, 0.3) is 0 Å². The zero-order chi connectivity index (χ0) is 6.69. The average molecular weight is 126 g/mol. The van der Waals surface area contributed by atoms with Gasteiger partial charge in [-0.1, -0.05) is 0 Å². The number of aliphatic imine (C=N–C) groups is 1. The molecule has 0 radical (unpaired) electrons. The van der Waals surface area contributed by atoms with Crippen molar-refractivity contribution in [3.05, 3.63) is 11.3 Å². The van der Waals surface area contributed by atoms with E-state index in [0.717, 1.165) is 11.3 Å². The van der Waals surface area contributed by atoms with E-state index >= 15 is 0 Å². The Morgan fingerprint density at radius 1 is 1.89 bits per heavy atom. The summed E-state index contributed by atoms with van der Waals surface area (Å²) < 4.78 is 0. The molecule has 0 amide bonds. The maximum absolute atomic E-state index is 8.68. The van der Waals surface area contributed by atoms with Crippen molar-refractivity contribution in [3.8, 4) is 0 Å². The Hall–Kier alpha value is -0.830. The second-order valence-corrected chi connectivity index (χ2v) is 2.03. The van der Waals surface area contributed by atoms with Gasteiger partial charge in [0, 0.05) is 5.70 Å². The van der Waals surface area contributed by atoms with Crippen molar-refractivity contribution in [1.82, 2.24) is 5.32 Å². The van der Waals surface area contributed by atoms with E-state index in [1.54, 1.807) is 6.34 Å². The van der Waals surface area contributed by atoms with Gasteiger partial charge in [-0.05, 0) is 12.5 Å². The molecule has 0 saturated heterocycles. The summed E-state index contributed by atoms with van der Waals surface area (Å²) >= 11 is 0. The smallest absolute Gasteiger partial charge is 0.0870 e. The molecule has 0 aromatic heterocycles. The molecule has 50 valence electrons. The second-order valence-electron chi connectivity index (χ2n) is 2.03. The number of aliphatic hydroxyl groups excluding tert-OH is 1. The molecule has 0 spiro atoms. The van der Waals surface area contributed by atoms with Crippen LogP contribution in [0.2, 0.25) is 0 Å². The minimum Gasteiger partial charge on any atom is -0.390 e. The first-order chi connectivity index (χ1) is 4.34. The van der Waals surface area contributed by atoms with Gasteiger partial charge in [-0.25, -0.2) is 0 Å². The highest BCUT2D eigenvalue weighted by atomic mass is 16.3. The van der Waals surface area contributed by atoms with Gasteiger partial charge in [-0.15, -0.1) is 0 Å². The molecule has 1 aliphatic rings. The maximum atomic E-state index is 8.68. The summed E-state index contributed by atoms with van der Waals surface area (Å²) in [7, 11) is 0. The van der Waals surface area contributed by atoms with Gasteiger partial charge in [0.15, 0.2) is 0 Å². The normalized spacial score (nSPS) is 18.0. The zero-order valence-electron chi connectivity index (χ0n) is 5.39. The van der Waals surface area contributed by atoms with Crippen LogP contribution in [0.15, 0.2) is 16.3 Å². The lowest BCUT2D eigenvalue weighted by Crippen LogP contribution is -2.20. The molecule has 0 saturated carbocycles. The largest absolute Gasteiger partial charge is 0.390 e. The Balaban J connectivity index is 2.64. The monoisotopic (exact) mass is 126 g/mol. The Morgan fingerprint density at radius 3 is 3.11 bits per heavy atom. The quantitative estimate of drug-likeness (QED) is 0.514. The lowest BCUT2D eigenvalue weighted by molar-refractivity contribution is 0.324. The van der Waals surface area contributed by atoms with Crippen molar-refractivity contribution in [2.75, 3.05) is 13.2 Å². The Morgan fingerprint density at radius 2 is 2.67 bits per heavy atom. The molecule has 0 fully saturated rings. The molecule has 0 aromatic carbocycles. The van der Waals surface area contributed by atoms with Crippen molar-refractivity contribution in [2.24, 2.45) is 4.99 Å². The van der Waals surface area contributed by atoms with Crippen LogP contribution in [0.4, 0.5) is 0 Å². The van der Waals surface area contributed by atoms with Crippen molar-refractivity contribution in [2.45, 2.75) is 6.92 Å². The van der Waals surface area contributed by atoms with Crippen LogP contribution in [0.5, 0.6) is 0 Å². The van der Waals surface area contributed by atoms with Crippen LogP contribution >= 0.6 is 0 Å². The molecule has 3 nitrogen and oxygen atoms in total. The standard InChI is InChI=1S/C6H10N2O/c1-5-2-7-4-8-6(5)3-9/h4,9H,2-3H2,1H3,(H,7,8). The first kappa shape index (κ1) is 6.29. The third kappa shape index (κ3) is 1.29. The zero-order valence-corrected chi connectivity index (χ0v) is 5.39. The van der Waals surface area contributed by atoms with E-state index in [-0.39, 0.29) is 6.61 Å². The summed E-state index contributed by atoms with van der Waals surface area (Å²) in [6.07, 6.45) is 1.61. The molecule has 1 aliphatic heterocycles. The molecule has 9 heavy (non-hydrogen) atoms. The fourth-order valence-electron chi connectivity index (χ4n) is 0.705. The highest BCUT2D eigenvalue weighted by Gasteiger charge is 2.01. The number of rotatable bonds is 1. The van der Waals surface area contributed by atoms with Crippen LogP contribution in [-0.4, -0.2) is 24.6 Å². The predicted molar refractivity (Wildman–Crippen MR) is 36.3 cm³/mol. The van der Waals surface area contributed by atoms with Crippen LogP contribution in [0, 0.1) is 0 Å². The van der Waals surface area contributed by atoms with Gasteiger partial charge in [0.1, 0.15) is 0 Å². The van der Waals surface area contributed by atoms with Gasteiger partial charge >= 0.3 is 0 Å². The highest BCUT2D eigenvalue weighted by molar-refractivity contribution is 5.60. The van der Waals surface area contributed by atoms with Crippen LogP contribution in [-0.2, 0) is 0 Å². The van der Waals surface area contributed by atoms with E-state index in [4.69, 9.17) is 5.11 Å². The third-order valence-corrected chi connectivity index (χ3v) is 1.33. The number of nitrogens with one attached hydrogen (secondary N) is 1. The number of hydrogen-bond donors (Lipinski definition) is 2. The van der Waals surface area contributed by atoms with Crippen molar-refractivity contribution in [3.63, 3.8) is 0 Å². The molecule has 0 atom stereocenters. The highest BCUT2D eigenvalue weighted by Crippen LogP contribution is 2.02. The summed E-state index contributed by atoms with van der Waals surface area (Å²) in [4.78, 5) is 3.95. The molecule has 1 heterocycles. The van der Waals surface area contributed by atoms with Crippen molar-refractivity contribution >= 4 is 6.34 Å². The molecule has 2 N–H and O–H groups in total. The molecular formula is C6H10N2O. The summed E-state index contributed by atoms with van der Waals surface area (Å²) in [5, 5.41) is 11.5. The minimum atomic E-state index is 0.0812. The van der Waals surface area contributed by atoms with Gasteiger partial charge in [-0.2, -0.15) is 0 Å². The van der Waals surface area contributed by atoms with E-state index in [1.165, 1.54) is 0 Å². The molecule has 1 rings (SSSR count). The van der Waals surface area contributed by atoms with E-state index in [9.17, 15) is 0 Å². The second kappa shape index (κ2) is 2.64. The summed E-state index contributed by atoms with van der Waals surface area (Å²) in [6, 6.07) is 0. The fraction of sp³-hybridized carbons (Fsp3) is 0.500.